The summed E-state index contributed by atoms with van der Waals surface area (Å²) < 4.78 is 5.43. The van der Waals surface area contributed by atoms with Crippen molar-refractivity contribution in [1.29, 1.82) is 0 Å². The van der Waals surface area contributed by atoms with Gasteiger partial charge in [0, 0.05) is 18.5 Å². The highest BCUT2D eigenvalue weighted by Gasteiger charge is 2.42. The second-order valence-electron chi connectivity index (χ2n) is 5.59. The average molecular weight is 219 g/mol. The molecule has 1 aromatic rings. The molecule has 0 radical (unpaired) electrons. The molecule has 3 aliphatic rings. The third-order valence-electron chi connectivity index (χ3n) is 4.27. The maximum atomic E-state index is 5.43. The minimum atomic E-state index is 0.485. The molecule has 2 bridgehead atoms. The Morgan fingerprint density at radius 3 is 2.88 bits per heavy atom. The molecule has 3 atom stereocenters. The minimum Gasteiger partial charge on any atom is -0.339 e. The zero-order valence-electron chi connectivity index (χ0n) is 9.35. The number of hydrogen-bond acceptors (Lipinski definition) is 4. The molecular formula is C12H17N3O. The summed E-state index contributed by atoms with van der Waals surface area (Å²) in [5, 5.41) is 7.72. The van der Waals surface area contributed by atoms with Crippen LogP contribution in [-0.2, 0) is 6.42 Å². The predicted molar refractivity (Wildman–Crippen MR) is 58.0 cm³/mol. The van der Waals surface area contributed by atoms with Crippen LogP contribution in [0.25, 0.3) is 0 Å². The highest BCUT2D eigenvalue weighted by Crippen LogP contribution is 2.39. The van der Waals surface area contributed by atoms with Crippen LogP contribution in [0.2, 0.25) is 0 Å². The molecule has 3 heterocycles. The monoisotopic (exact) mass is 219 g/mol. The van der Waals surface area contributed by atoms with E-state index in [1.54, 1.807) is 0 Å². The second-order valence-corrected chi connectivity index (χ2v) is 5.59. The topological polar surface area (TPSA) is 51.0 Å². The van der Waals surface area contributed by atoms with Crippen LogP contribution in [0.15, 0.2) is 4.52 Å². The molecular weight excluding hydrogens is 202 g/mol. The van der Waals surface area contributed by atoms with E-state index in [4.69, 9.17) is 4.52 Å². The molecule has 86 valence electrons. The van der Waals surface area contributed by atoms with E-state index in [1.807, 2.05) is 0 Å². The third-order valence-corrected chi connectivity index (χ3v) is 4.27. The molecule has 4 heteroatoms. The van der Waals surface area contributed by atoms with Gasteiger partial charge in [0.05, 0.1) is 5.92 Å². The molecule has 0 amide bonds. The summed E-state index contributed by atoms with van der Waals surface area (Å²) in [6.07, 6.45) is 7.51. The normalized spacial score (nSPS) is 37.1. The average Bonchev–Trinajstić information content (AvgIpc) is 2.74. The van der Waals surface area contributed by atoms with Gasteiger partial charge in [-0.2, -0.15) is 4.98 Å². The molecule has 3 fully saturated rings. The van der Waals surface area contributed by atoms with Crippen LogP contribution in [0, 0.1) is 5.92 Å². The predicted octanol–water partition coefficient (Wildman–Crippen LogP) is 1.63. The van der Waals surface area contributed by atoms with Crippen LogP contribution in [-0.4, -0.2) is 22.2 Å². The lowest BCUT2D eigenvalue weighted by Gasteiger charge is -2.15. The van der Waals surface area contributed by atoms with Crippen molar-refractivity contribution in [3.63, 3.8) is 0 Å². The van der Waals surface area contributed by atoms with Gasteiger partial charge in [0.2, 0.25) is 5.89 Å². The van der Waals surface area contributed by atoms with Crippen LogP contribution < -0.4 is 5.32 Å². The Labute approximate surface area is 94.8 Å². The smallest absolute Gasteiger partial charge is 0.231 e. The first-order valence-corrected chi connectivity index (χ1v) is 6.47. The van der Waals surface area contributed by atoms with Gasteiger partial charge in [0.15, 0.2) is 5.82 Å². The van der Waals surface area contributed by atoms with Gasteiger partial charge < -0.3 is 9.84 Å². The summed E-state index contributed by atoms with van der Waals surface area (Å²) in [6, 6.07) is 1.30. The van der Waals surface area contributed by atoms with Gasteiger partial charge in [-0.3, -0.25) is 0 Å². The van der Waals surface area contributed by atoms with Gasteiger partial charge in [-0.1, -0.05) is 5.16 Å². The lowest BCUT2D eigenvalue weighted by molar-refractivity contribution is 0.326. The summed E-state index contributed by atoms with van der Waals surface area (Å²) in [5.41, 5.74) is 0. The molecule has 3 unspecified atom stereocenters. The van der Waals surface area contributed by atoms with Crippen molar-refractivity contribution in [3.8, 4) is 0 Å². The third kappa shape index (κ3) is 1.47. The van der Waals surface area contributed by atoms with Crippen LogP contribution >= 0.6 is 0 Å². The molecule has 1 N–H and O–H groups in total. The van der Waals surface area contributed by atoms with Crippen molar-refractivity contribution in [2.24, 2.45) is 5.92 Å². The lowest BCUT2D eigenvalue weighted by Crippen LogP contribution is -2.21. The SMILES string of the molecule is C1CC1Cc1noc(C2CC3CCC2N3)n1. The van der Waals surface area contributed by atoms with E-state index in [0.717, 1.165) is 24.1 Å². The van der Waals surface area contributed by atoms with Crippen LogP contribution in [0.3, 0.4) is 0 Å². The van der Waals surface area contributed by atoms with Crippen molar-refractivity contribution in [3.05, 3.63) is 11.7 Å². The largest absolute Gasteiger partial charge is 0.339 e. The minimum absolute atomic E-state index is 0.485. The number of hydrogen-bond donors (Lipinski definition) is 1. The lowest BCUT2D eigenvalue weighted by atomic mass is 9.89. The van der Waals surface area contributed by atoms with Crippen molar-refractivity contribution >= 4 is 0 Å². The van der Waals surface area contributed by atoms with E-state index in [2.05, 4.69) is 15.5 Å². The van der Waals surface area contributed by atoms with E-state index in [9.17, 15) is 0 Å². The zero-order chi connectivity index (χ0) is 10.5. The summed E-state index contributed by atoms with van der Waals surface area (Å²) >= 11 is 0. The van der Waals surface area contributed by atoms with E-state index in [-0.39, 0.29) is 0 Å². The van der Waals surface area contributed by atoms with Crippen LogP contribution in [0.1, 0.15) is 49.7 Å². The number of fused-ring (bicyclic) bond motifs is 2. The van der Waals surface area contributed by atoms with Crippen molar-refractivity contribution in [1.82, 2.24) is 15.5 Å². The molecule has 4 nitrogen and oxygen atoms in total. The molecule has 2 saturated heterocycles. The first-order valence-electron chi connectivity index (χ1n) is 6.47. The molecule has 0 aromatic carbocycles. The summed E-state index contributed by atoms with van der Waals surface area (Å²) in [5.74, 6) is 3.14. The molecule has 4 rings (SSSR count). The van der Waals surface area contributed by atoms with Crippen LogP contribution in [0.4, 0.5) is 0 Å². The summed E-state index contributed by atoms with van der Waals surface area (Å²) in [6.45, 7) is 0. The van der Waals surface area contributed by atoms with Crippen molar-refractivity contribution in [2.45, 2.75) is 56.5 Å². The summed E-state index contributed by atoms with van der Waals surface area (Å²) in [7, 11) is 0. The Bertz CT molecular complexity index is 399. The fourth-order valence-electron chi connectivity index (χ4n) is 3.18. The first-order chi connectivity index (χ1) is 7.88. The quantitative estimate of drug-likeness (QED) is 0.839. The van der Waals surface area contributed by atoms with Gasteiger partial charge in [0.1, 0.15) is 0 Å². The second kappa shape index (κ2) is 3.29. The Morgan fingerprint density at radius 2 is 2.19 bits per heavy atom. The zero-order valence-corrected chi connectivity index (χ0v) is 9.35. The van der Waals surface area contributed by atoms with Crippen molar-refractivity contribution < 1.29 is 4.52 Å². The molecule has 1 aromatic heterocycles. The Kier molecular flexibility index (Phi) is 1.89. The Morgan fingerprint density at radius 1 is 1.25 bits per heavy atom. The fourth-order valence-corrected chi connectivity index (χ4v) is 3.18. The summed E-state index contributed by atoms with van der Waals surface area (Å²) in [4.78, 5) is 4.57. The number of nitrogens with one attached hydrogen (secondary N) is 1. The van der Waals surface area contributed by atoms with Gasteiger partial charge >= 0.3 is 0 Å². The van der Waals surface area contributed by atoms with Gasteiger partial charge in [-0.25, -0.2) is 0 Å². The van der Waals surface area contributed by atoms with Crippen LogP contribution in [0.5, 0.6) is 0 Å². The number of aromatic nitrogens is 2. The molecule has 1 saturated carbocycles. The number of rotatable bonds is 3. The number of nitrogens with zero attached hydrogens (tertiary/aromatic N) is 2. The van der Waals surface area contributed by atoms with Gasteiger partial charge in [-0.05, 0) is 38.0 Å². The molecule has 0 spiro atoms. The first kappa shape index (κ1) is 9.16. The van der Waals surface area contributed by atoms with E-state index in [1.165, 1.54) is 32.1 Å². The van der Waals surface area contributed by atoms with E-state index < -0.39 is 0 Å². The molecule has 1 aliphatic carbocycles. The van der Waals surface area contributed by atoms with Gasteiger partial charge in [-0.15, -0.1) is 0 Å². The van der Waals surface area contributed by atoms with Crippen molar-refractivity contribution in [2.75, 3.05) is 0 Å². The maximum Gasteiger partial charge on any atom is 0.231 e. The standard InChI is InChI=1S/C12H17N3O/c1-2-7(1)5-11-14-12(16-15-11)9-6-8-3-4-10(9)13-8/h7-10,13H,1-6H2. The molecule has 2 aliphatic heterocycles. The Balaban J connectivity index is 1.51. The fraction of sp³-hybridized carbons (Fsp3) is 0.833. The maximum absolute atomic E-state index is 5.43. The van der Waals surface area contributed by atoms with E-state index >= 15 is 0 Å². The van der Waals surface area contributed by atoms with Gasteiger partial charge in [0.25, 0.3) is 0 Å². The van der Waals surface area contributed by atoms with E-state index in [0.29, 0.717) is 18.0 Å². The molecule has 16 heavy (non-hydrogen) atoms. The highest BCUT2D eigenvalue weighted by atomic mass is 16.5. The highest BCUT2D eigenvalue weighted by molar-refractivity contribution is 5.10. The Hall–Kier alpha value is -0.900.